The first kappa shape index (κ1) is 20.8. The van der Waals surface area contributed by atoms with E-state index in [-0.39, 0.29) is 36.7 Å². The molecule has 0 spiro atoms. The number of halogens is 1. The molecule has 0 atom stereocenters. The second-order valence-electron chi connectivity index (χ2n) is 6.82. The van der Waals surface area contributed by atoms with Crippen LogP contribution in [-0.2, 0) is 6.54 Å². The van der Waals surface area contributed by atoms with Gasteiger partial charge < -0.3 is 15.0 Å². The van der Waals surface area contributed by atoms with Crippen LogP contribution in [0.4, 0.5) is 0 Å². The minimum atomic E-state index is -0.314. The highest BCUT2D eigenvalue weighted by atomic mass is 35.5. The van der Waals surface area contributed by atoms with Crippen LogP contribution in [0.25, 0.3) is 0 Å². The second kappa shape index (κ2) is 8.63. The first-order chi connectivity index (χ1) is 13.6. The van der Waals surface area contributed by atoms with Gasteiger partial charge in [0.25, 0.3) is 17.7 Å². The van der Waals surface area contributed by atoms with Crippen LogP contribution < -0.4 is 10.1 Å². The van der Waals surface area contributed by atoms with E-state index < -0.39 is 0 Å². The van der Waals surface area contributed by atoms with Gasteiger partial charge in [0.15, 0.2) is 0 Å². The van der Waals surface area contributed by atoms with Crippen molar-refractivity contribution in [1.29, 1.82) is 0 Å². The molecule has 2 aliphatic heterocycles. The SMILES string of the molecule is COc1ccc(CN2C(=O)c3ccccc3C2=O)cc1C(=O)N1CCNCC1.Cl. The maximum atomic E-state index is 12.9. The van der Waals surface area contributed by atoms with Crippen LogP contribution in [0.15, 0.2) is 42.5 Å². The lowest BCUT2D eigenvalue weighted by atomic mass is 10.1. The van der Waals surface area contributed by atoms with Crippen LogP contribution in [0.2, 0.25) is 0 Å². The topological polar surface area (TPSA) is 79.0 Å². The van der Waals surface area contributed by atoms with E-state index >= 15 is 0 Å². The van der Waals surface area contributed by atoms with Gasteiger partial charge in [-0.3, -0.25) is 19.3 Å². The van der Waals surface area contributed by atoms with E-state index in [1.165, 1.54) is 12.0 Å². The average molecular weight is 416 g/mol. The normalized spacial score (nSPS) is 15.8. The van der Waals surface area contributed by atoms with Crippen LogP contribution in [0.3, 0.4) is 0 Å². The minimum Gasteiger partial charge on any atom is -0.496 e. The number of amides is 3. The van der Waals surface area contributed by atoms with Gasteiger partial charge in [-0.2, -0.15) is 0 Å². The monoisotopic (exact) mass is 415 g/mol. The Kier molecular flexibility index (Phi) is 6.20. The molecule has 1 saturated heterocycles. The van der Waals surface area contributed by atoms with Gasteiger partial charge >= 0.3 is 0 Å². The summed E-state index contributed by atoms with van der Waals surface area (Å²) in [7, 11) is 1.52. The van der Waals surface area contributed by atoms with E-state index in [0.29, 0.717) is 41.1 Å². The average Bonchev–Trinajstić information content (AvgIpc) is 2.99. The number of ether oxygens (including phenoxy) is 1. The van der Waals surface area contributed by atoms with E-state index in [9.17, 15) is 14.4 Å². The minimum absolute atomic E-state index is 0. The summed E-state index contributed by atoms with van der Waals surface area (Å²) < 4.78 is 5.36. The Hall–Kier alpha value is -2.90. The van der Waals surface area contributed by atoms with E-state index in [0.717, 1.165) is 13.1 Å². The number of benzene rings is 2. The molecular weight excluding hydrogens is 394 g/mol. The van der Waals surface area contributed by atoms with Gasteiger partial charge in [0.2, 0.25) is 0 Å². The number of hydrogen-bond acceptors (Lipinski definition) is 5. The summed E-state index contributed by atoms with van der Waals surface area (Å²) in [6.45, 7) is 2.87. The molecule has 2 aromatic carbocycles. The zero-order valence-corrected chi connectivity index (χ0v) is 16.8. The highest BCUT2D eigenvalue weighted by molar-refractivity contribution is 6.21. The number of carbonyl (C=O) groups excluding carboxylic acids is 3. The summed E-state index contributed by atoms with van der Waals surface area (Å²) in [5.74, 6) is -0.255. The third-order valence-electron chi connectivity index (χ3n) is 5.12. The predicted octanol–water partition coefficient (Wildman–Crippen LogP) is 1.96. The van der Waals surface area contributed by atoms with Gasteiger partial charge in [-0.1, -0.05) is 18.2 Å². The summed E-state index contributed by atoms with van der Waals surface area (Å²) in [6, 6.07) is 12.0. The van der Waals surface area contributed by atoms with Crippen molar-refractivity contribution < 1.29 is 19.1 Å². The van der Waals surface area contributed by atoms with Crippen molar-refractivity contribution in [2.75, 3.05) is 33.3 Å². The zero-order valence-electron chi connectivity index (χ0n) is 16.0. The number of methoxy groups -OCH3 is 1. The fourth-order valence-corrected chi connectivity index (χ4v) is 3.62. The van der Waals surface area contributed by atoms with E-state index in [1.54, 1.807) is 47.4 Å². The molecule has 1 fully saturated rings. The Labute approximate surface area is 175 Å². The Bertz CT molecular complexity index is 922. The Morgan fingerprint density at radius 2 is 1.66 bits per heavy atom. The Morgan fingerprint density at radius 3 is 2.24 bits per heavy atom. The first-order valence-corrected chi connectivity index (χ1v) is 9.22. The van der Waals surface area contributed by atoms with Crippen molar-refractivity contribution in [3.8, 4) is 5.75 Å². The van der Waals surface area contributed by atoms with Gasteiger partial charge in [0.05, 0.1) is 30.3 Å². The first-order valence-electron chi connectivity index (χ1n) is 9.22. The van der Waals surface area contributed by atoms with Crippen LogP contribution in [0.1, 0.15) is 36.6 Å². The molecule has 2 heterocycles. The molecule has 2 aromatic rings. The number of nitrogens with zero attached hydrogens (tertiary/aromatic N) is 2. The highest BCUT2D eigenvalue weighted by Gasteiger charge is 2.35. The van der Waals surface area contributed by atoms with Crippen molar-refractivity contribution in [2.45, 2.75) is 6.54 Å². The third kappa shape index (κ3) is 3.83. The summed E-state index contributed by atoms with van der Waals surface area (Å²) in [4.78, 5) is 41.1. The van der Waals surface area contributed by atoms with Crippen LogP contribution >= 0.6 is 12.4 Å². The Balaban J connectivity index is 0.00000240. The van der Waals surface area contributed by atoms with E-state index in [2.05, 4.69) is 5.32 Å². The van der Waals surface area contributed by atoms with Crippen molar-refractivity contribution in [3.05, 3.63) is 64.7 Å². The molecule has 29 heavy (non-hydrogen) atoms. The largest absolute Gasteiger partial charge is 0.496 e. The predicted molar refractivity (Wildman–Crippen MR) is 110 cm³/mol. The molecule has 1 N–H and O–H groups in total. The van der Waals surface area contributed by atoms with Crippen LogP contribution in [0.5, 0.6) is 5.75 Å². The van der Waals surface area contributed by atoms with Crippen LogP contribution in [0, 0.1) is 0 Å². The maximum Gasteiger partial charge on any atom is 0.261 e. The quantitative estimate of drug-likeness (QED) is 0.772. The molecule has 8 heteroatoms. The summed E-state index contributed by atoms with van der Waals surface area (Å²) in [5.41, 5.74) is 1.98. The number of hydrogen-bond donors (Lipinski definition) is 1. The van der Waals surface area contributed by atoms with E-state index in [4.69, 9.17) is 4.74 Å². The molecule has 152 valence electrons. The number of carbonyl (C=O) groups is 3. The highest BCUT2D eigenvalue weighted by Crippen LogP contribution is 2.27. The van der Waals surface area contributed by atoms with Gasteiger partial charge in [-0.25, -0.2) is 0 Å². The standard InChI is InChI=1S/C21H21N3O4.ClH/c1-28-18-7-6-14(12-17(18)19(25)23-10-8-22-9-11-23)13-24-20(26)15-4-2-3-5-16(15)21(24)27;/h2-7,12,22H,8-11,13H2,1H3;1H. The molecular formula is C21H22ClN3O4. The lowest BCUT2D eigenvalue weighted by molar-refractivity contribution is 0.0642. The molecule has 0 unspecified atom stereocenters. The van der Waals surface area contributed by atoms with Crippen molar-refractivity contribution in [1.82, 2.24) is 15.1 Å². The van der Waals surface area contributed by atoms with Gasteiger partial charge in [-0.05, 0) is 29.8 Å². The van der Waals surface area contributed by atoms with Gasteiger partial charge in [0.1, 0.15) is 5.75 Å². The van der Waals surface area contributed by atoms with Crippen LogP contribution in [-0.4, -0.2) is 60.8 Å². The second-order valence-corrected chi connectivity index (χ2v) is 6.82. The smallest absolute Gasteiger partial charge is 0.261 e. The molecule has 3 amide bonds. The van der Waals surface area contributed by atoms with Crippen molar-refractivity contribution in [2.24, 2.45) is 0 Å². The molecule has 0 radical (unpaired) electrons. The number of piperazine rings is 1. The lowest BCUT2D eigenvalue weighted by Crippen LogP contribution is -2.46. The molecule has 4 rings (SSSR count). The summed E-state index contributed by atoms with van der Waals surface area (Å²) in [5, 5.41) is 3.22. The molecule has 2 aliphatic rings. The number of fused-ring (bicyclic) bond motifs is 1. The molecule has 0 aliphatic carbocycles. The van der Waals surface area contributed by atoms with Gasteiger partial charge in [-0.15, -0.1) is 12.4 Å². The maximum absolute atomic E-state index is 12.9. The Morgan fingerprint density at radius 1 is 1.03 bits per heavy atom. The fourth-order valence-electron chi connectivity index (χ4n) is 3.62. The third-order valence-corrected chi connectivity index (χ3v) is 5.12. The summed E-state index contributed by atoms with van der Waals surface area (Å²) >= 11 is 0. The van der Waals surface area contributed by atoms with E-state index in [1.807, 2.05) is 0 Å². The van der Waals surface area contributed by atoms with Gasteiger partial charge in [0, 0.05) is 26.2 Å². The molecule has 0 saturated carbocycles. The number of nitrogens with one attached hydrogen (secondary N) is 1. The summed E-state index contributed by atoms with van der Waals surface area (Å²) in [6.07, 6.45) is 0. The van der Waals surface area contributed by atoms with Crippen molar-refractivity contribution >= 4 is 30.1 Å². The lowest BCUT2D eigenvalue weighted by Gasteiger charge is -2.28. The van der Waals surface area contributed by atoms with Crippen molar-refractivity contribution in [3.63, 3.8) is 0 Å². The fraction of sp³-hybridized carbons (Fsp3) is 0.286. The molecule has 0 bridgehead atoms. The number of imide groups is 1. The number of rotatable bonds is 4. The zero-order chi connectivity index (χ0) is 19.7. The molecule has 0 aromatic heterocycles. The molecule has 7 nitrogen and oxygen atoms in total.